The maximum absolute atomic E-state index is 3.69. The van der Waals surface area contributed by atoms with Gasteiger partial charge < -0.3 is 10.2 Å². The Labute approximate surface area is 109 Å². The molecule has 0 saturated carbocycles. The molecule has 1 N–H and O–H groups in total. The molecule has 0 bridgehead atoms. The fraction of sp³-hybridized carbons (Fsp3) is 1.00. The molecule has 0 fully saturated rings. The topological polar surface area (TPSA) is 15.3 Å². The summed E-state index contributed by atoms with van der Waals surface area (Å²) in [7, 11) is 2.25. The lowest BCUT2D eigenvalue weighted by atomic mass is 9.81. The van der Waals surface area contributed by atoms with Gasteiger partial charge in [0.2, 0.25) is 0 Å². The van der Waals surface area contributed by atoms with Gasteiger partial charge in [0, 0.05) is 18.6 Å². The third-order valence-electron chi connectivity index (χ3n) is 3.70. The summed E-state index contributed by atoms with van der Waals surface area (Å²) in [5.41, 5.74) is 0.649. The predicted octanol–water partition coefficient (Wildman–Crippen LogP) is 3.52. The molecule has 0 radical (unpaired) electrons. The van der Waals surface area contributed by atoms with Crippen molar-refractivity contribution in [3.63, 3.8) is 0 Å². The number of hydrogen-bond donors (Lipinski definition) is 1. The van der Waals surface area contributed by atoms with Gasteiger partial charge in [-0.1, -0.05) is 20.8 Å². The van der Waals surface area contributed by atoms with Crippen molar-refractivity contribution in [2.45, 2.75) is 66.3 Å². The van der Waals surface area contributed by atoms with Crippen LogP contribution in [0.1, 0.15) is 60.8 Å². The van der Waals surface area contributed by atoms with Gasteiger partial charge in [-0.25, -0.2) is 0 Å². The van der Waals surface area contributed by atoms with Crippen LogP contribution in [0, 0.1) is 5.41 Å². The van der Waals surface area contributed by atoms with E-state index >= 15 is 0 Å². The molecule has 0 saturated heterocycles. The standard InChI is InChI=1S/C15H34N2/c1-8-11-17(7)13-15(9-2,10-3)12-16-14(4,5)6/h16H,8-13H2,1-7H3. The Balaban J connectivity index is 4.44. The average Bonchev–Trinajstić information content (AvgIpc) is 2.23. The van der Waals surface area contributed by atoms with Crippen LogP contribution in [0.15, 0.2) is 0 Å². The van der Waals surface area contributed by atoms with Crippen LogP contribution in [0.25, 0.3) is 0 Å². The van der Waals surface area contributed by atoms with E-state index in [0.717, 1.165) is 6.54 Å². The third kappa shape index (κ3) is 7.05. The van der Waals surface area contributed by atoms with E-state index in [1.54, 1.807) is 0 Å². The van der Waals surface area contributed by atoms with Crippen molar-refractivity contribution in [3.05, 3.63) is 0 Å². The molecule has 0 aromatic heterocycles. The molecular weight excluding hydrogens is 208 g/mol. The molecule has 0 aliphatic heterocycles. The third-order valence-corrected chi connectivity index (χ3v) is 3.70. The Morgan fingerprint density at radius 3 is 1.88 bits per heavy atom. The van der Waals surface area contributed by atoms with Gasteiger partial charge in [0.05, 0.1) is 0 Å². The van der Waals surface area contributed by atoms with E-state index < -0.39 is 0 Å². The van der Waals surface area contributed by atoms with Gasteiger partial charge in [-0.2, -0.15) is 0 Å². The van der Waals surface area contributed by atoms with E-state index in [4.69, 9.17) is 0 Å². The molecule has 0 unspecified atom stereocenters. The van der Waals surface area contributed by atoms with E-state index in [1.165, 1.54) is 32.4 Å². The molecule has 0 heterocycles. The Morgan fingerprint density at radius 2 is 1.53 bits per heavy atom. The largest absolute Gasteiger partial charge is 0.311 e. The summed E-state index contributed by atoms with van der Waals surface area (Å²) >= 11 is 0. The molecule has 17 heavy (non-hydrogen) atoms. The van der Waals surface area contributed by atoms with Crippen molar-refractivity contribution in [1.82, 2.24) is 10.2 Å². The van der Waals surface area contributed by atoms with Gasteiger partial charge >= 0.3 is 0 Å². The van der Waals surface area contributed by atoms with Crippen LogP contribution in [0.3, 0.4) is 0 Å². The highest BCUT2D eigenvalue weighted by atomic mass is 15.1. The summed E-state index contributed by atoms with van der Waals surface area (Å²) in [6, 6.07) is 0. The quantitative estimate of drug-likeness (QED) is 0.700. The second kappa shape index (κ2) is 7.38. The zero-order valence-corrected chi connectivity index (χ0v) is 13.2. The van der Waals surface area contributed by atoms with Crippen LogP contribution in [0.5, 0.6) is 0 Å². The van der Waals surface area contributed by atoms with Gasteiger partial charge in [-0.05, 0) is 59.0 Å². The van der Waals surface area contributed by atoms with Crippen molar-refractivity contribution >= 4 is 0 Å². The van der Waals surface area contributed by atoms with Crippen molar-refractivity contribution in [1.29, 1.82) is 0 Å². The Hall–Kier alpha value is -0.0800. The van der Waals surface area contributed by atoms with E-state index in [0.29, 0.717) is 5.41 Å². The normalized spacial score (nSPS) is 13.4. The average molecular weight is 242 g/mol. The van der Waals surface area contributed by atoms with Crippen LogP contribution in [-0.2, 0) is 0 Å². The molecular formula is C15H34N2. The summed E-state index contributed by atoms with van der Waals surface area (Å²) < 4.78 is 0. The Bertz CT molecular complexity index is 190. The van der Waals surface area contributed by atoms with Crippen molar-refractivity contribution < 1.29 is 0 Å². The zero-order valence-electron chi connectivity index (χ0n) is 13.2. The van der Waals surface area contributed by atoms with E-state index in [2.05, 4.69) is 58.8 Å². The molecule has 0 aliphatic carbocycles. The highest BCUT2D eigenvalue weighted by Gasteiger charge is 2.28. The predicted molar refractivity (Wildman–Crippen MR) is 78.6 cm³/mol. The van der Waals surface area contributed by atoms with Gasteiger partial charge in [-0.15, -0.1) is 0 Å². The first-order valence-corrected chi connectivity index (χ1v) is 7.22. The Morgan fingerprint density at radius 1 is 1.00 bits per heavy atom. The van der Waals surface area contributed by atoms with Crippen LogP contribution in [0.2, 0.25) is 0 Å². The van der Waals surface area contributed by atoms with Crippen molar-refractivity contribution in [3.8, 4) is 0 Å². The second-order valence-corrected chi connectivity index (χ2v) is 6.55. The van der Waals surface area contributed by atoms with Crippen molar-refractivity contribution in [2.75, 3.05) is 26.7 Å². The molecule has 0 atom stereocenters. The van der Waals surface area contributed by atoms with Crippen LogP contribution in [-0.4, -0.2) is 37.1 Å². The van der Waals surface area contributed by atoms with E-state index in [9.17, 15) is 0 Å². The minimum Gasteiger partial charge on any atom is -0.311 e. The molecule has 0 aromatic carbocycles. The fourth-order valence-electron chi connectivity index (χ4n) is 2.27. The molecule has 0 amide bonds. The summed E-state index contributed by atoms with van der Waals surface area (Å²) in [5, 5.41) is 3.69. The first-order valence-electron chi connectivity index (χ1n) is 7.22. The van der Waals surface area contributed by atoms with Crippen LogP contribution < -0.4 is 5.32 Å². The number of nitrogens with zero attached hydrogens (tertiary/aromatic N) is 1. The van der Waals surface area contributed by atoms with E-state index in [1.807, 2.05) is 0 Å². The molecule has 2 nitrogen and oxygen atoms in total. The molecule has 2 heteroatoms. The maximum Gasteiger partial charge on any atom is 0.00967 e. The van der Waals surface area contributed by atoms with Gasteiger partial charge in [0.25, 0.3) is 0 Å². The minimum atomic E-state index is 0.221. The van der Waals surface area contributed by atoms with E-state index in [-0.39, 0.29) is 5.54 Å². The fourth-order valence-corrected chi connectivity index (χ4v) is 2.27. The number of rotatable bonds is 8. The van der Waals surface area contributed by atoms with Gasteiger partial charge in [-0.3, -0.25) is 0 Å². The van der Waals surface area contributed by atoms with Gasteiger partial charge in [0.1, 0.15) is 0 Å². The molecule has 0 aliphatic rings. The lowest BCUT2D eigenvalue weighted by Crippen LogP contribution is -2.48. The summed E-state index contributed by atoms with van der Waals surface area (Å²) in [4.78, 5) is 2.48. The molecule has 0 aromatic rings. The summed E-state index contributed by atoms with van der Waals surface area (Å²) in [5.74, 6) is 0. The first kappa shape index (κ1) is 16.9. The SMILES string of the molecule is CCCN(C)CC(CC)(CC)CNC(C)(C)C. The highest BCUT2D eigenvalue weighted by Crippen LogP contribution is 2.27. The summed E-state index contributed by atoms with van der Waals surface area (Å²) in [6.07, 6.45) is 3.74. The molecule has 104 valence electrons. The van der Waals surface area contributed by atoms with Crippen LogP contribution in [0.4, 0.5) is 0 Å². The minimum absolute atomic E-state index is 0.221. The second-order valence-electron chi connectivity index (χ2n) is 6.55. The Kier molecular flexibility index (Phi) is 7.34. The molecule has 0 rings (SSSR count). The number of hydrogen-bond acceptors (Lipinski definition) is 2. The lowest BCUT2D eigenvalue weighted by Gasteiger charge is -2.38. The van der Waals surface area contributed by atoms with Crippen molar-refractivity contribution in [2.24, 2.45) is 5.41 Å². The summed E-state index contributed by atoms with van der Waals surface area (Å²) in [6.45, 7) is 17.2. The smallest absolute Gasteiger partial charge is 0.00967 e. The highest BCUT2D eigenvalue weighted by molar-refractivity contribution is 4.85. The number of nitrogens with one attached hydrogen (secondary N) is 1. The lowest BCUT2D eigenvalue weighted by molar-refractivity contribution is 0.144. The molecule has 0 spiro atoms. The first-order chi connectivity index (χ1) is 7.78. The zero-order chi connectivity index (χ0) is 13.5. The van der Waals surface area contributed by atoms with Gasteiger partial charge in [0.15, 0.2) is 0 Å². The van der Waals surface area contributed by atoms with Crippen LogP contribution >= 0.6 is 0 Å². The monoisotopic (exact) mass is 242 g/mol. The maximum atomic E-state index is 3.69.